The van der Waals surface area contributed by atoms with E-state index in [-0.39, 0.29) is 27.7 Å². The van der Waals surface area contributed by atoms with Gasteiger partial charge in [0.15, 0.2) is 0 Å². The molecule has 0 fully saturated rings. The van der Waals surface area contributed by atoms with Gasteiger partial charge < -0.3 is 10.2 Å². The molecule has 0 saturated heterocycles. The molecule has 17 heavy (non-hydrogen) atoms. The maximum atomic E-state index is 9.74. The highest BCUT2D eigenvalue weighted by Crippen LogP contribution is 2.30. The van der Waals surface area contributed by atoms with Crippen LogP contribution in [0.1, 0.15) is 11.7 Å². The summed E-state index contributed by atoms with van der Waals surface area (Å²) in [7, 11) is 0. The Morgan fingerprint density at radius 1 is 1.24 bits per heavy atom. The normalized spacial score (nSPS) is 13.9. The first kappa shape index (κ1) is 14.2. The monoisotopic (exact) mass is 297 g/mol. The molecule has 0 spiro atoms. The van der Waals surface area contributed by atoms with Gasteiger partial charge in [0.25, 0.3) is 0 Å². The van der Waals surface area contributed by atoms with Crippen LogP contribution in [0.3, 0.4) is 0 Å². The molecule has 0 aromatic carbocycles. The maximum Gasteiger partial charge on any atom is 0.225 e. The van der Waals surface area contributed by atoms with Gasteiger partial charge in [0.2, 0.25) is 5.28 Å². The van der Waals surface area contributed by atoms with E-state index < -0.39 is 12.2 Å². The van der Waals surface area contributed by atoms with Crippen LogP contribution in [-0.4, -0.2) is 32.8 Å². The van der Waals surface area contributed by atoms with Crippen LogP contribution in [0.2, 0.25) is 15.6 Å². The summed E-state index contributed by atoms with van der Waals surface area (Å²) in [4.78, 5) is 9.60. The fourth-order valence-electron chi connectivity index (χ4n) is 1.05. The number of azide groups is 1. The Morgan fingerprint density at radius 3 is 2.24 bits per heavy atom. The zero-order valence-corrected chi connectivity index (χ0v) is 10.4. The van der Waals surface area contributed by atoms with E-state index in [2.05, 4.69) is 20.0 Å². The summed E-state index contributed by atoms with van der Waals surface area (Å²) in [6, 6.07) is 0. The number of nitrogens with zero attached hydrogens (tertiary/aromatic N) is 5. The number of aliphatic hydroxyl groups excluding tert-OH is 2. The lowest BCUT2D eigenvalue weighted by atomic mass is 10.1. The van der Waals surface area contributed by atoms with E-state index in [1.165, 1.54) is 0 Å². The summed E-state index contributed by atoms with van der Waals surface area (Å²) in [5, 5.41) is 21.8. The van der Waals surface area contributed by atoms with E-state index in [1.807, 2.05) is 0 Å². The Bertz CT molecular complexity index is 442. The van der Waals surface area contributed by atoms with Crippen molar-refractivity contribution in [2.75, 3.05) is 6.54 Å². The highest BCUT2D eigenvalue weighted by atomic mass is 35.5. The van der Waals surface area contributed by atoms with Gasteiger partial charge in [0.05, 0.1) is 18.2 Å². The molecule has 92 valence electrons. The van der Waals surface area contributed by atoms with Crippen LogP contribution in [0, 0.1) is 0 Å². The molecule has 2 N–H and O–H groups in total. The first-order valence-corrected chi connectivity index (χ1v) is 5.36. The third-order valence-corrected chi connectivity index (χ3v) is 2.56. The van der Waals surface area contributed by atoms with Crippen molar-refractivity contribution in [2.45, 2.75) is 12.2 Å². The largest absolute Gasteiger partial charge is 0.390 e. The Hall–Kier alpha value is -0.820. The summed E-state index contributed by atoms with van der Waals surface area (Å²) < 4.78 is 0. The summed E-state index contributed by atoms with van der Waals surface area (Å²) in [5.41, 5.74) is 8.01. The number of rotatable bonds is 4. The highest BCUT2D eigenvalue weighted by Gasteiger charge is 2.25. The molecule has 0 amide bonds. The number of aliphatic hydroxyl groups is 2. The minimum atomic E-state index is -1.47. The lowest BCUT2D eigenvalue weighted by Gasteiger charge is -2.17. The molecule has 10 heteroatoms. The van der Waals surface area contributed by atoms with Gasteiger partial charge in [-0.05, 0) is 17.1 Å². The van der Waals surface area contributed by atoms with Crippen LogP contribution >= 0.6 is 34.8 Å². The smallest absolute Gasteiger partial charge is 0.225 e. The molecule has 0 bridgehead atoms. The Morgan fingerprint density at radius 2 is 1.76 bits per heavy atom. The molecule has 2 unspecified atom stereocenters. The van der Waals surface area contributed by atoms with Gasteiger partial charge in [-0.25, -0.2) is 9.97 Å². The van der Waals surface area contributed by atoms with Crippen LogP contribution in [-0.2, 0) is 0 Å². The molecule has 1 aromatic heterocycles. The molecule has 1 rings (SSSR count). The Balaban J connectivity index is 3.03. The second-order valence-electron chi connectivity index (χ2n) is 2.91. The average Bonchev–Trinajstić information content (AvgIpc) is 2.24. The fraction of sp³-hybridized carbons (Fsp3) is 0.429. The fourth-order valence-corrected chi connectivity index (χ4v) is 1.92. The van der Waals surface area contributed by atoms with Crippen LogP contribution in [0.15, 0.2) is 5.11 Å². The summed E-state index contributed by atoms with van der Waals surface area (Å²) >= 11 is 16.9. The van der Waals surface area contributed by atoms with Crippen LogP contribution < -0.4 is 0 Å². The summed E-state index contributed by atoms with van der Waals surface area (Å²) in [5.74, 6) is 0. The highest BCUT2D eigenvalue weighted by molar-refractivity contribution is 6.36. The van der Waals surface area contributed by atoms with Crippen molar-refractivity contribution in [3.63, 3.8) is 0 Å². The molecule has 0 saturated carbocycles. The first-order chi connectivity index (χ1) is 7.97. The van der Waals surface area contributed by atoms with Gasteiger partial charge >= 0.3 is 0 Å². The topological polar surface area (TPSA) is 115 Å². The number of halogens is 3. The molecule has 1 heterocycles. The van der Waals surface area contributed by atoms with Crippen molar-refractivity contribution in [2.24, 2.45) is 5.11 Å². The van der Waals surface area contributed by atoms with Gasteiger partial charge in [0.1, 0.15) is 16.4 Å². The average molecular weight is 299 g/mol. The molecular weight excluding hydrogens is 292 g/mol. The Kier molecular flexibility index (Phi) is 5.20. The van der Waals surface area contributed by atoms with Gasteiger partial charge in [-0.2, -0.15) is 0 Å². The first-order valence-electron chi connectivity index (χ1n) is 4.22. The van der Waals surface area contributed by atoms with E-state index in [9.17, 15) is 10.2 Å². The van der Waals surface area contributed by atoms with Crippen LogP contribution in [0.4, 0.5) is 0 Å². The number of hydrogen-bond acceptors (Lipinski definition) is 5. The quantitative estimate of drug-likeness (QED) is 0.291. The standard InChI is InChI=1S/C7H6Cl3N5O2/c8-5-3(6(9)14-7(10)13-5)4(17)2(16)1-12-15-11/h2,4,16-17H,1H2. The molecule has 0 aliphatic heterocycles. The number of aromatic nitrogens is 2. The van der Waals surface area contributed by atoms with Crippen molar-refractivity contribution in [3.8, 4) is 0 Å². The molecule has 2 atom stereocenters. The predicted molar refractivity (Wildman–Crippen MR) is 62.0 cm³/mol. The zero-order chi connectivity index (χ0) is 13.0. The van der Waals surface area contributed by atoms with Gasteiger partial charge in [-0.1, -0.05) is 28.3 Å². The van der Waals surface area contributed by atoms with E-state index in [4.69, 9.17) is 40.3 Å². The van der Waals surface area contributed by atoms with Crippen molar-refractivity contribution in [1.29, 1.82) is 0 Å². The van der Waals surface area contributed by atoms with Gasteiger partial charge in [-0.15, -0.1) is 0 Å². The molecule has 0 aliphatic rings. The van der Waals surface area contributed by atoms with Crippen LogP contribution in [0.25, 0.3) is 10.4 Å². The molecule has 0 radical (unpaired) electrons. The van der Waals surface area contributed by atoms with E-state index >= 15 is 0 Å². The summed E-state index contributed by atoms with van der Waals surface area (Å²) in [6.07, 6.45) is -2.84. The SMILES string of the molecule is [N-]=[N+]=NCC(O)C(O)c1c(Cl)nc(Cl)nc1Cl. The lowest BCUT2D eigenvalue weighted by Crippen LogP contribution is -2.22. The van der Waals surface area contributed by atoms with Crippen molar-refractivity contribution in [3.05, 3.63) is 31.6 Å². The molecular formula is C7H6Cl3N5O2. The zero-order valence-electron chi connectivity index (χ0n) is 8.13. The second-order valence-corrected chi connectivity index (χ2v) is 3.97. The summed E-state index contributed by atoms with van der Waals surface area (Å²) in [6.45, 7) is -0.340. The molecule has 7 nitrogen and oxygen atoms in total. The third kappa shape index (κ3) is 3.57. The third-order valence-electron chi connectivity index (χ3n) is 1.82. The Labute approximate surface area is 111 Å². The van der Waals surface area contributed by atoms with E-state index in [0.29, 0.717) is 0 Å². The lowest BCUT2D eigenvalue weighted by molar-refractivity contribution is 0.0241. The van der Waals surface area contributed by atoms with Crippen molar-refractivity contribution < 1.29 is 10.2 Å². The van der Waals surface area contributed by atoms with Gasteiger partial charge in [-0.3, -0.25) is 0 Å². The van der Waals surface area contributed by atoms with E-state index in [1.54, 1.807) is 0 Å². The van der Waals surface area contributed by atoms with Gasteiger partial charge in [0, 0.05) is 4.91 Å². The maximum absolute atomic E-state index is 9.74. The van der Waals surface area contributed by atoms with Crippen molar-refractivity contribution in [1.82, 2.24) is 9.97 Å². The molecule has 1 aromatic rings. The minimum absolute atomic E-state index is 0.0710. The van der Waals surface area contributed by atoms with Crippen molar-refractivity contribution >= 4 is 34.8 Å². The van der Waals surface area contributed by atoms with Crippen LogP contribution in [0.5, 0.6) is 0 Å². The van der Waals surface area contributed by atoms with E-state index in [0.717, 1.165) is 0 Å². The molecule has 0 aliphatic carbocycles. The second kappa shape index (κ2) is 6.20. The minimum Gasteiger partial charge on any atom is -0.390 e. The predicted octanol–water partition coefficient (Wildman–Crippen LogP) is 2.14. The number of hydrogen-bond donors (Lipinski definition) is 2.